The molecule has 0 atom stereocenters. The van der Waals surface area contributed by atoms with E-state index in [0.29, 0.717) is 6.04 Å². The van der Waals surface area contributed by atoms with Crippen LogP contribution in [0.25, 0.3) is 5.78 Å². The zero-order valence-corrected chi connectivity index (χ0v) is 11.0. The van der Waals surface area contributed by atoms with Crippen LogP contribution in [0.1, 0.15) is 18.5 Å². The van der Waals surface area contributed by atoms with Crippen LogP contribution in [-0.4, -0.2) is 38.4 Å². The van der Waals surface area contributed by atoms with E-state index in [-0.39, 0.29) is 12.4 Å². The maximum atomic E-state index is 5.90. The minimum absolute atomic E-state index is 0. The van der Waals surface area contributed by atoms with E-state index in [4.69, 9.17) is 5.73 Å². The summed E-state index contributed by atoms with van der Waals surface area (Å²) in [5.41, 5.74) is 6.98. The Kier molecular flexibility index (Phi) is 4.16. The second kappa shape index (κ2) is 5.65. The van der Waals surface area contributed by atoms with E-state index in [1.165, 1.54) is 0 Å². The third-order valence-corrected chi connectivity index (χ3v) is 3.30. The smallest absolute Gasteiger partial charge is 0.233 e. The van der Waals surface area contributed by atoms with E-state index in [1.54, 1.807) is 6.20 Å². The predicted octanol–water partition coefficient (Wildman–Crippen LogP) is 1.07. The molecule has 98 valence electrons. The highest BCUT2D eigenvalue weighted by atomic mass is 35.5. The molecule has 0 radical (unpaired) electrons. The maximum absolute atomic E-state index is 5.90. The molecular formula is C12H18ClN5. The predicted molar refractivity (Wildman–Crippen MR) is 72.7 cm³/mol. The number of hydrogen-bond donors (Lipinski definition) is 1. The van der Waals surface area contributed by atoms with Crippen LogP contribution in [0, 0.1) is 0 Å². The number of nitrogens with zero attached hydrogens (tertiary/aromatic N) is 4. The molecule has 0 aliphatic carbocycles. The van der Waals surface area contributed by atoms with E-state index in [2.05, 4.69) is 21.1 Å². The maximum Gasteiger partial charge on any atom is 0.233 e. The van der Waals surface area contributed by atoms with Crippen LogP contribution in [0.5, 0.6) is 0 Å². The van der Waals surface area contributed by atoms with Gasteiger partial charge in [0.2, 0.25) is 5.78 Å². The van der Waals surface area contributed by atoms with Crippen molar-refractivity contribution in [2.75, 3.05) is 13.1 Å². The van der Waals surface area contributed by atoms with Gasteiger partial charge in [-0.05, 0) is 18.9 Å². The first-order valence-electron chi connectivity index (χ1n) is 6.08. The monoisotopic (exact) mass is 267 g/mol. The molecule has 1 aliphatic heterocycles. The van der Waals surface area contributed by atoms with Crippen molar-refractivity contribution in [3.63, 3.8) is 0 Å². The lowest BCUT2D eigenvalue weighted by Gasteiger charge is -2.29. The van der Waals surface area contributed by atoms with Gasteiger partial charge in [0, 0.05) is 44.3 Å². The summed E-state index contributed by atoms with van der Waals surface area (Å²) in [6, 6.07) is 2.30. The quantitative estimate of drug-likeness (QED) is 0.884. The van der Waals surface area contributed by atoms with Crippen LogP contribution in [0.2, 0.25) is 0 Å². The second-order valence-electron chi connectivity index (χ2n) is 4.67. The zero-order chi connectivity index (χ0) is 11.7. The first kappa shape index (κ1) is 13.3. The van der Waals surface area contributed by atoms with Crippen molar-refractivity contribution < 1.29 is 0 Å². The van der Waals surface area contributed by atoms with Crippen molar-refractivity contribution in [2.45, 2.75) is 25.4 Å². The normalized spacial score (nSPS) is 17.8. The molecule has 0 saturated carbocycles. The number of halogens is 1. The Morgan fingerprint density at radius 1 is 1.33 bits per heavy atom. The SMILES string of the molecule is Cl.NC1CCN(Cc2cn3cccnc3n2)CC1. The molecule has 2 N–H and O–H groups in total. The van der Waals surface area contributed by atoms with Crippen LogP contribution in [-0.2, 0) is 6.54 Å². The fourth-order valence-corrected chi connectivity index (χ4v) is 2.30. The van der Waals surface area contributed by atoms with E-state index >= 15 is 0 Å². The summed E-state index contributed by atoms with van der Waals surface area (Å²) < 4.78 is 1.96. The summed E-state index contributed by atoms with van der Waals surface area (Å²) in [5, 5.41) is 0. The molecule has 0 bridgehead atoms. The topological polar surface area (TPSA) is 59.5 Å². The lowest BCUT2D eigenvalue weighted by atomic mass is 10.1. The van der Waals surface area contributed by atoms with Gasteiger partial charge in [0.25, 0.3) is 0 Å². The number of rotatable bonds is 2. The van der Waals surface area contributed by atoms with E-state index < -0.39 is 0 Å². The van der Waals surface area contributed by atoms with Gasteiger partial charge in [0.1, 0.15) is 0 Å². The van der Waals surface area contributed by atoms with Gasteiger partial charge in [-0.1, -0.05) is 0 Å². The molecule has 5 nitrogen and oxygen atoms in total. The molecule has 0 unspecified atom stereocenters. The van der Waals surface area contributed by atoms with Gasteiger partial charge in [0.15, 0.2) is 0 Å². The van der Waals surface area contributed by atoms with Crippen LogP contribution in [0.3, 0.4) is 0 Å². The molecule has 3 rings (SSSR count). The number of nitrogens with two attached hydrogens (primary N) is 1. The highest BCUT2D eigenvalue weighted by molar-refractivity contribution is 5.85. The second-order valence-corrected chi connectivity index (χ2v) is 4.67. The molecule has 0 spiro atoms. The highest BCUT2D eigenvalue weighted by Crippen LogP contribution is 2.12. The van der Waals surface area contributed by atoms with Gasteiger partial charge >= 0.3 is 0 Å². The Morgan fingerprint density at radius 2 is 2.11 bits per heavy atom. The Hall–Kier alpha value is -1.17. The Bertz CT molecular complexity index is 471. The molecule has 1 fully saturated rings. The highest BCUT2D eigenvalue weighted by Gasteiger charge is 2.16. The van der Waals surface area contributed by atoms with Crippen LogP contribution in [0.15, 0.2) is 24.7 Å². The van der Waals surface area contributed by atoms with E-state index in [0.717, 1.165) is 43.9 Å². The lowest BCUT2D eigenvalue weighted by molar-refractivity contribution is 0.204. The van der Waals surface area contributed by atoms with Gasteiger partial charge < -0.3 is 5.73 Å². The number of hydrogen-bond acceptors (Lipinski definition) is 4. The molecule has 6 heteroatoms. The number of imidazole rings is 1. The molecule has 1 saturated heterocycles. The van der Waals surface area contributed by atoms with Crippen molar-refractivity contribution in [3.8, 4) is 0 Å². The summed E-state index contributed by atoms with van der Waals surface area (Å²) in [4.78, 5) is 11.1. The third-order valence-electron chi connectivity index (χ3n) is 3.30. The molecule has 3 heterocycles. The van der Waals surface area contributed by atoms with Crippen molar-refractivity contribution in [1.82, 2.24) is 19.3 Å². The summed E-state index contributed by atoms with van der Waals surface area (Å²) in [5.74, 6) is 0.774. The summed E-state index contributed by atoms with van der Waals surface area (Å²) in [6.07, 6.45) is 7.98. The van der Waals surface area contributed by atoms with Crippen LogP contribution in [0.4, 0.5) is 0 Å². The molecule has 2 aromatic heterocycles. The van der Waals surface area contributed by atoms with Crippen molar-refractivity contribution in [2.24, 2.45) is 5.73 Å². The van der Waals surface area contributed by atoms with Gasteiger partial charge in [-0.2, -0.15) is 0 Å². The standard InChI is InChI=1S/C12H17N5.ClH/c13-10-2-6-16(7-3-10)8-11-9-17-5-1-4-14-12(17)15-11;/h1,4-5,9-10H,2-3,6-8,13H2;1H. The lowest BCUT2D eigenvalue weighted by Crippen LogP contribution is -2.39. The van der Waals surface area contributed by atoms with Crippen molar-refractivity contribution in [3.05, 3.63) is 30.4 Å². The van der Waals surface area contributed by atoms with E-state index in [9.17, 15) is 0 Å². The molecule has 0 amide bonds. The van der Waals surface area contributed by atoms with Crippen LogP contribution >= 0.6 is 12.4 Å². The number of aromatic nitrogens is 3. The Balaban J connectivity index is 0.00000120. The number of likely N-dealkylation sites (tertiary alicyclic amines) is 1. The van der Waals surface area contributed by atoms with Gasteiger partial charge in [-0.15, -0.1) is 12.4 Å². The minimum Gasteiger partial charge on any atom is -0.328 e. The fourth-order valence-electron chi connectivity index (χ4n) is 2.30. The average Bonchev–Trinajstić information content (AvgIpc) is 2.74. The first-order valence-corrected chi connectivity index (χ1v) is 6.08. The van der Waals surface area contributed by atoms with Crippen molar-refractivity contribution in [1.29, 1.82) is 0 Å². The number of fused-ring (bicyclic) bond motifs is 1. The molecule has 18 heavy (non-hydrogen) atoms. The summed E-state index contributed by atoms with van der Waals surface area (Å²) in [7, 11) is 0. The number of piperidine rings is 1. The average molecular weight is 268 g/mol. The summed E-state index contributed by atoms with van der Waals surface area (Å²) >= 11 is 0. The third kappa shape index (κ3) is 2.80. The van der Waals surface area contributed by atoms with Gasteiger partial charge in [-0.25, -0.2) is 9.97 Å². The summed E-state index contributed by atoms with van der Waals surface area (Å²) in [6.45, 7) is 3.04. The van der Waals surface area contributed by atoms with Gasteiger partial charge in [0.05, 0.1) is 5.69 Å². The fraction of sp³-hybridized carbons (Fsp3) is 0.500. The molecule has 2 aromatic rings. The molecular weight excluding hydrogens is 250 g/mol. The van der Waals surface area contributed by atoms with Crippen LogP contribution < -0.4 is 5.73 Å². The molecule has 1 aliphatic rings. The van der Waals surface area contributed by atoms with E-state index in [1.807, 2.05) is 16.7 Å². The van der Waals surface area contributed by atoms with Crippen molar-refractivity contribution >= 4 is 18.2 Å². The minimum atomic E-state index is 0. The zero-order valence-electron chi connectivity index (χ0n) is 10.2. The molecule has 0 aromatic carbocycles. The first-order chi connectivity index (χ1) is 8.31. The Labute approximate surface area is 112 Å². The Morgan fingerprint density at radius 3 is 2.83 bits per heavy atom. The van der Waals surface area contributed by atoms with Gasteiger partial charge in [-0.3, -0.25) is 9.30 Å². The largest absolute Gasteiger partial charge is 0.328 e.